The van der Waals surface area contributed by atoms with Crippen molar-refractivity contribution in [3.8, 4) is 11.3 Å². The van der Waals surface area contributed by atoms with Gasteiger partial charge in [0.25, 0.3) is 0 Å². The summed E-state index contributed by atoms with van der Waals surface area (Å²) >= 11 is 0. The molecule has 1 heterocycles. The van der Waals surface area contributed by atoms with E-state index in [0.717, 1.165) is 16.8 Å². The van der Waals surface area contributed by atoms with E-state index in [1.54, 1.807) is 0 Å². The highest BCUT2D eigenvalue weighted by Crippen LogP contribution is 2.31. The third-order valence-corrected chi connectivity index (χ3v) is 2.87. The van der Waals surface area contributed by atoms with Gasteiger partial charge in [0.15, 0.2) is 0 Å². The molecule has 0 aliphatic carbocycles. The number of anilines is 1. The van der Waals surface area contributed by atoms with Gasteiger partial charge in [-0.2, -0.15) is 0 Å². The summed E-state index contributed by atoms with van der Waals surface area (Å²) in [5.41, 5.74) is 12.2. The molecule has 1 aromatic carbocycles. The molecule has 3 nitrogen and oxygen atoms in total. The van der Waals surface area contributed by atoms with Crippen LogP contribution in [0.3, 0.4) is 0 Å². The predicted octanol–water partition coefficient (Wildman–Crippen LogP) is 3.16. The van der Waals surface area contributed by atoms with Crippen LogP contribution in [0.2, 0.25) is 0 Å². The SMILES string of the molecule is Cc1cc(C)c(-c2noc(N)c2C)c(C)c1. The smallest absolute Gasteiger partial charge is 0.225 e. The Morgan fingerprint density at radius 1 is 1.06 bits per heavy atom. The number of nitrogen functional groups attached to an aromatic ring is 1. The van der Waals surface area contributed by atoms with E-state index in [4.69, 9.17) is 10.3 Å². The Morgan fingerprint density at radius 3 is 2.06 bits per heavy atom. The molecule has 2 N–H and O–H groups in total. The standard InChI is InChI=1S/C13H16N2O/c1-7-5-8(2)11(9(3)6-7)12-10(4)13(14)16-15-12/h5-6H,14H2,1-4H3. The maximum Gasteiger partial charge on any atom is 0.225 e. The number of hydrogen-bond donors (Lipinski definition) is 1. The number of aryl methyl sites for hydroxylation is 3. The molecular weight excluding hydrogens is 200 g/mol. The van der Waals surface area contributed by atoms with Crippen LogP contribution in [-0.4, -0.2) is 5.16 Å². The molecule has 0 saturated heterocycles. The quantitative estimate of drug-likeness (QED) is 0.796. The number of aromatic nitrogens is 1. The number of hydrogen-bond acceptors (Lipinski definition) is 3. The second-order valence-electron chi connectivity index (χ2n) is 4.29. The Morgan fingerprint density at radius 2 is 1.62 bits per heavy atom. The molecule has 1 aromatic heterocycles. The van der Waals surface area contributed by atoms with Crippen LogP contribution in [-0.2, 0) is 0 Å². The van der Waals surface area contributed by atoms with Gasteiger partial charge in [-0.1, -0.05) is 22.9 Å². The van der Waals surface area contributed by atoms with E-state index in [2.05, 4.69) is 38.1 Å². The molecule has 0 fully saturated rings. The summed E-state index contributed by atoms with van der Waals surface area (Å²) < 4.78 is 5.02. The highest BCUT2D eigenvalue weighted by molar-refractivity contribution is 5.72. The molecule has 16 heavy (non-hydrogen) atoms. The average molecular weight is 216 g/mol. The zero-order chi connectivity index (χ0) is 11.9. The molecule has 0 bridgehead atoms. The zero-order valence-corrected chi connectivity index (χ0v) is 10.1. The first kappa shape index (κ1) is 10.7. The van der Waals surface area contributed by atoms with Gasteiger partial charge in [-0.15, -0.1) is 0 Å². The van der Waals surface area contributed by atoms with E-state index < -0.39 is 0 Å². The topological polar surface area (TPSA) is 52.0 Å². The average Bonchev–Trinajstić information content (AvgIpc) is 2.48. The van der Waals surface area contributed by atoms with Crippen LogP contribution >= 0.6 is 0 Å². The van der Waals surface area contributed by atoms with Gasteiger partial charge >= 0.3 is 0 Å². The van der Waals surface area contributed by atoms with Crippen molar-refractivity contribution < 1.29 is 4.52 Å². The van der Waals surface area contributed by atoms with Crippen LogP contribution in [0.5, 0.6) is 0 Å². The van der Waals surface area contributed by atoms with Crippen molar-refractivity contribution in [2.24, 2.45) is 0 Å². The van der Waals surface area contributed by atoms with Gasteiger partial charge in [0, 0.05) is 11.1 Å². The third kappa shape index (κ3) is 1.58. The van der Waals surface area contributed by atoms with Gasteiger partial charge in [0.1, 0.15) is 5.69 Å². The first-order chi connectivity index (χ1) is 7.50. The maximum absolute atomic E-state index is 5.68. The van der Waals surface area contributed by atoms with Crippen LogP contribution < -0.4 is 5.73 Å². The predicted molar refractivity (Wildman–Crippen MR) is 65.3 cm³/mol. The molecule has 0 aliphatic heterocycles. The zero-order valence-electron chi connectivity index (χ0n) is 10.1. The van der Waals surface area contributed by atoms with Crippen LogP contribution in [0.25, 0.3) is 11.3 Å². The molecule has 0 aliphatic rings. The first-order valence-corrected chi connectivity index (χ1v) is 5.30. The van der Waals surface area contributed by atoms with Gasteiger partial charge < -0.3 is 10.3 Å². The van der Waals surface area contributed by atoms with Crippen molar-refractivity contribution in [3.05, 3.63) is 34.4 Å². The highest BCUT2D eigenvalue weighted by atomic mass is 16.5. The number of rotatable bonds is 1. The third-order valence-electron chi connectivity index (χ3n) is 2.87. The Labute approximate surface area is 95.3 Å². The molecule has 3 heteroatoms. The van der Waals surface area contributed by atoms with E-state index in [1.165, 1.54) is 16.7 Å². The molecule has 2 rings (SSSR count). The van der Waals surface area contributed by atoms with Crippen LogP contribution in [0.15, 0.2) is 16.7 Å². The van der Waals surface area contributed by atoms with Crippen molar-refractivity contribution >= 4 is 5.88 Å². The maximum atomic E-state index is 5.68. The Balaban J connectivity index is 2.69. The van der Waals surface area contributed by atoms with E-state index >= 15 is 0 Å². The number of nitrogens with two attached hydrogens (primary N) is 1. The van der Waals surface area contributed by atoms with E-state index in [1.807, 2.05) is 6.92 Å². The highest BCUT2D eigenvalue weighted by Gasteiger charge is 2.15. The lowest BCUT2D eigenvalue weighted by Crippen LogP contribution is -1.92. The molecule has 0 amide bonds. The molecule has 0 unspecified atom stereocenters. The fraction of sp³-hybridized carbons (Fsp3) is 0.308. The summed E-state index contributed by atoms with van der Waals surface area (Å²) in [5.74, 6) is 0.398. The van der Waals surface area contributed by atoms with Gasteiger partial charge in [0.2, 0.25) is 5.88 Å². The largest absolute Gasteiger partial charge is 0.367 e. The summed E-state index contributed by atoms with van der Waals surface area (Å²) in [7, 11) is 0. The summed E-state index contributed by atoms with van der Waals surface area (Å²) in [6, 6.07) is 4.29. The van der Waals surface area contributed by atoms with Crippen molar-refractivity contribution in [1.82, 2.24) is 5.16 Å². The van der Waals surface area contributed by atoms with Crippen LogP contribution in [0.4, 0.5) is 5.88 Å². The summed E-state index contributed by atoms with van der Waals surface area (Å²) in [6.07, 6.45) is 0. The van der Waals surface area contributed by atoms with Gasteiger partial charge in [0.05, 0.1) is 0 Å². The molecule has 0 radical (unpaired) electrons. The second kappa shape index (κ2) is 3.67. The molecule has 0 saturated carbocycles. The van der Waals surface area contributed by atoms with Crippen LogP contribution in [0.1, 0.15) is 22.3 Å². The van der Waals surface area contributed by atoms with E-state index in [9.17, 15) is 0 Å². The first-order valence-electron chi connectivity index (χ1n) is 5.30. The minimum Gasteiger partial charge on any atom is -0.367 e. The molecule has 2 aromatic rings. The fourth-order valence-electron chi connectivity index (χ4n) is 2.14. The number of benzene rings is 1. The summed E-state index contributed by atoms with van der Waals surface area (Å²) in [4.78, 5) is 0. The Bertz CT molecular complexity index is 518. The summed E-state index contributed by atoms with van der Waals surface area (Å²) in [6.45, 7) is 8.19. The Kier molecular flexibility index (Phi) is 2.46. The van der Waals surface area contributed by atoms with Gasteiger partial charge in [-0.05, 0) is 38.8 Å². The van der Waals surface area contributed by atoms with Crippen molar-refractivity contribution in [2.45, 2.75) is 27.7 Å². The van der Waals surface area contributed by atoms with Crippen molar-refractivity contribution in [3.63, 3.8) is 0 Å². The van der Waals surface area contributed by atoms with E-state index in [-0.39, 0.29) is 0 Å². The molecule has 84 valence electrons. The molecule has 0 spiro atoms. The van der Waals surface area contributed by atoms with Gasteiger partial charge in [-0.25, -0.2) is 0 Å². The lowest BCUT2D eigenvalue weighted by molar-refractivity contribution is 0.438. The lowest BCUT2D eigenvalue weighted by Gasteiger charge is -2.09. The minimum absolute atomic E-state index is 0.398. The van der Waals surface area contributed by atoms with Crippen molar-refractivity contribution in [2.75, 3.05) is 5.73 Å². The summed E-state index contributed by atoms with van der Waals surface area (Å²) in [5, 5.41) is 4.04. The number of nitrogens with zero attached hydrogens (tertiary/aromatic N) is 1. The molecule has 0 atom stereocenters. The minimum atomic E-state index is 0.398. The monoisotopic (exact) mass is 216 g/mol. The lowest BCUT2D eigenvalue weighted by atomic mass is 9.96. The fourth-order valence-corrected chi connectivity index (χ4v) is 2.14. The Hall–Kier alpha value is -1.77. The van der Waals surface area contributed by atoms with Crippen LogP contribution in [0, 0.1) is 27.7 Å². The van der Waals surface area contributed by atoms with E-state index in [0.29, 0.717) is 5.88 Å². The van der Waals surface area contributed by atoms with Crippen molar-refractivity contribution in [1.29, 1.82) is 0 Å². The van der Waals surface area contributed by atoms with Gasteiger partial charge in [-0.3, -0.25) is 0 Å². The molecular formula is C13H16N2O. The normalized spacial score (nSPS) is 10.8. The second-order valence-corrected chi connectivity index (χ2v) is 4.29.